The number of hydrogen-bond acceptors (Lipinski definition) is 5. The van der Waals surface area contributed by atoms with Gasteiger partial charge in [-0.25, -0.2) is 4.98 Å². The number of aromatic nitrogens is 3. The van der Waals surface area contributed by atoms with Crippen LogP contribution in [0.4, 0.5) is 0 Å². The summed E-state index contributed by atoms with van der Waals surface area (Å²) in [5, 5.41) is 0.585. The molecule has 7 nitrogen and oxygen atoms in total. The zero-order valence-electron chi connectivity index (χ0n) is 18.9. The molecule has 2 aromatic heterocycles. The molecule has 1 aliphatic heterocycles. The van der Waals surface area contributed by atoms with Crippen molar-refractivity contribution in [2.45, 2.75) is 6.42 Å². The van der Waals surface area contributed by atoms with Gasteiger partial charge in [-0.2, -0.15) is 0 Å². The first-order valence-electron chi connectivity index (χ1n) is 11.5. The maximum absolute atomic E-state index is 12.7. The molecule has 1 aliphatic rings. The third kappa shape index (κ3) is 4.69. The number of nitrogens with zero attached hydrogens (tertiary/aromatic N) is 4. The van der Waals surface area contributed by atoms with Gasteiger partial charge in [0.2, 0.25) is 0 Å². The normalized spacial score (nSPS) is 15.2. The Balaban J connectivity index is 1.30. The Morgan fingerprint density at radius 1 is 1.00 bits per heavy atom. The number of ether oxygens (including phenoxy) is 1. The van der Waals surface area contributed by atoms with E-state index in [4.69, 9.17) is 4.74 Å². The molecule has 1 saturated heterocycles. The summed E-state index contributed by atoms with van der Waals surface area (Å²) in [5.74, 6) is 0.843. The molecule has 2 aromatic carbocycles. The van der Waals surface area contributed by atoms with Gasteiger partial charge >= 0.3 is 0 Å². The second kappa shape index (κ2) is 9.60. The van der Waals surface area contributed by atoms with Gasteiger partial charge in [-0.3, -0.25) is 4.79 Å². The van der Waals surface area contributed by atoms with Gasteiger partial charge in [-0.15, -0.1) is 0 Å². The molecule has 0 radical (unpaired) electrons. The summed E-state index contributed by atoms with van der Waals surface area (Å²) in [6.45, 7) is 6.32. The Morgan fingerprint density at radius 2 is 1.76 bits per heavy atom. The summed E-state index contributed by atoms with van der Waals surface area (Å²) in [6.07, 6.45) is 4.44. The lowest BCUT2D eigenvalue weighted by Gasteiger charge is -2.32. The number of para-hydroxylation sites is 1. The molecule has 0 bridgehead atoms. The van der Waals surface area contributed by atoms with Crippen molar-refractivity contribution in [3.05, 3.63) is 77.5 Å². The summed E-state index contributed by atoms with van der Waals surface area (Å²) in [4.78, 5) is 24.7. The lowest BCUT2D eigenvalue weighted by molar-refractivity contribution is 0.145. The Kier molecular flexibility index (Phi) is 6.24. The molecule has 0 spiro atoms. The Hall–Kier alpha value is -3.42. The molecule has 4 aromatic rings. The van der Waals surface area contributed by atoms with E-state index >= 15 is 0 Å². The molecule has 0 aliphatic carbocycles. The highest BCUT2D eigenvalue weighted by atomic mass is 16.5. The van der Waals surface area contributed by atoms with Gasteiger partial charge in [-0.1, -0.05) is 30.3 Å². The second-order valence-corrected chi connectivity index (χ2v) is 8.55. The number of aromatic amines is 1. The van der Waals surface area contributed by atoms with Gasteiger partial charge in [0.25, 0.3) is 5.56 Å². The number of benzene rings is 2. The van der Waals surface area contributed by atoms with Crippen molar-refractivity contribution in [3.63, 3.8) is 0 Å². The Labute approximate surface area is 193 Å². The number of piperazine rings is 1. The summed E-state index contributed by atoms with van der Waals surface area (Å²) in [7, 11) is 2.18. The van der Waals surface area contributed by atoms with Crippen LogP contribution >= 0.6 is 0 Å². The molecule has 33 heavy (non-hydrogen) atoms. The van der Waals surface area contributed by atoms with Gasteiger partial charge in [0.05, 0.1) is 18.3 Å². The molecule has 0 unspecified atom stereocenters. The highest BCUT2D eigenvalue weighted by Crippen LogP contribution is 2.30. The first kappa shape index (κ1) is 21.4. The van der Waals surface area contributed by atoms with Gasteiger partial charge < -0.3 is 24.1 Å². The SMILES string of the molecule is CN1CCN(CCCOc2ccc(-c3cn(-c4ccccc4)c4nc[nH]c(=O)c34)cc2)CC1. The number of fused-ring (bicyclic) bond motifs is 1. The van der Waals surface area contributed by atoms with Crippen LogP contribution in [0.2, 0.25) is 0 Å². The van der Waals surface area contributed by atoms with E-state index in [1.807, 2.05) is 65.4 Å². The number of rotatable bonds is 7. The minimum absolute atomic E-state index is 0.145. The average Bonchev–Trinajstić information content (AvgIpc) is 3.25. The van der Waals surface area contributed by atoms with E-state index in [2.05, 4.69) is 26.8 Å². The number of likely N-dealkylation sites (N-methyl/N-ethyl adjacent to an activating group) is 1. The molecule has 5 rings (SSSR count). The van der Waals surface area contributed by atoms with Crippen LogP contribution in [0.25, 0.3) is 27.8 Å². The fourth-order valence-electron chi connectivity index (χ4n) is 4.36. The van der Waals surface area contributed by atoms with Gasteiger partial charge in [0, 0.05) is 50.2 Å². The number of H-pyrrole nitrogens is 1. The van der Waals surface area contributed by atoms with E-state index in [0.29, 0.717) is 17.6 Å². The third-order valence-electron chi connectivity index (χ3n) is 6.27. The first-order valence-corrected chi connectivity index (χ1v) is 11.5. The van der Waals surface area contributed by atoms with Crippen molar-refractivity contribution in [3.8, 4) is 22.6 Å². The molecule has 7 heteroatoms. The molecule has 170 valence electrons. The molecular formula is C26H29N5O2. The van der Waals surface area contributed by atoms with Crippen molar-refractivity contribution >= 4 is 11.0 Å². The number of hydrogen-bond donors (Lipinski definition) is 1. The monoisotopic (exact) mass is 443 g/mol. The Bertz CT molecular complexity index is 1260. The minimum Gasteiger partial charge on any atom is -0.494 e. The maximum Gasteiger partial charge on any atom is 0.260 e. The van der Waals surface area contributed by atoms with Crippen molar-refractivity contribution in [1.82, 2.24) is 24.3 Å². The van der Waals surface area contributed by atoms with Crippen LogP contribution in [0.15, 0.2) is 71.9 Å². The van der Waals surface area contributed by atoms with Crippen LogP contribution in [-0.4, -0.2) is 70.7 Å². The van der Waals surface area contributed by atoms with E-state index in [1.165, 1.54) is 6.33 Å². The molecule has 3 heterocycles. The Morgan fingerprint density at radius 3 is 2.52 bits per heavy atom. The van der Waals surface area contributed by atoms with Gasteiger partial charge in [0.1, 0.15) is 5.75 Å². The van der Waals surface area contributed by atoms with Crippen LogP contribution in [-0.2, 0) is 0 Å². The minimum atomic E-state index is -0.145. The average molecular weight is 444 g/mol. The van der Waals surface area contributed by atoms with Crippen LogP contribution in [0, 0.1) is 0 Å². The van der Waals surface area contributed by atoms with Gasteiger partial charge in [-0.05, 0) is 43.3 Å². The fourth-order valence-corrected chi connectivity index (χ4v) is 4.36. The van der Waals surface area contributed by atoms with Crippen molar-refractivity contribution < 1.29 is 4.74 Å². The summed E-state index contributed by atoms with van der Waals surface area (Å²) < 4.78 is 7.93. The second-order valence-electron chi connectivity index (χ2n) is 8.55. The highest BCUT2D eigenvalue weighted by molar-refractivity contribution is 5.94. The summed E-state index contributed by atoms with van der Waals surface area (Å²) in [5.41, 5.74) is 3.27. The highest BCUT2D eigenvalue weighted by Gasteiger charge is 2.16. The molecular weight excluding hydrogens is 414 g/mol. The maximum atomic E-state index is 12.7. The van der Waals surface area contributed by atoms with E-state index in [9.17, 15) is 4.79 Å². The first-order chi connectivity index (χ1) is 16.2. The van der Waals surface area contributed by atoms with Crippen molar-refractivity contribution in [2.75, 3.05) is 46.4 Å². The molecule has 0 amide bonds. The fraction of sp³-hybridized carbons (Fsp3) is 0.308. The smallest absolute Gasteiger partial charge is 0.260 e. The van der Waals surface area contributed by atoms with E-state index in [1.54, 1.807) is 0 Å². The van der Waals surface area contributed by atoms with Crippen LogP contribution in [0.3, 0.4) is 0 Å². The lowest BCUT2D eigenvalue weighted by Crippen LogP contribution is -2.44. The summed E-state index contributed by atoms with van der Waals surface area (Å²) >= 11 is 0. The molecule has 0 atom stereocenters. The van der Waals surface area contributed by atoms with E-state index < -0.39 is 0 Å². The number of nitrogens with one attached hydrogen (secondary N) is 1. The van der Waals surface area contributed by atoms with Gasteiger partial charge in [0.15, 0.2) is 5.65 Å². The molecule has 1 fully saturated rings. The quantitative estimate of drug-likeness (QED) is 0.444. The zero-order valence-corrected chi connectivity index (χ0v) is 18.9. The molecule has 0 saturated carbocycles. The van der Waals surface area contributed by atoms with Crippen LogP contribution < -0.4 is 10.3 Å². The lowest BCUT2D eigenvalue weighted by atomic mass is 10.1. The third-order valence-corrected chi connectivity index (χ3v) is 6.27. The zero-order chi connectivity index (χ0) is 22.6. The van der Waals surface area contributed by atoms with Crippen LogP contribution in [0.1, 0.15) is 6.42 Å². The van der Waals surface area contributed by atoms with Crippen molar-refractivity contribution in [1.29, 1.82) is 0 Å². The predicted octanol–water partition coefficient (Wildman–Crippen LogP) is 3.40. The standard InChI is InChI=1S/C26H29N5O2/c1-29-13-15-30(16-14-29)12-5-17-33-22-10-8-20(9-11-22)23-18-31(21-6-3-2-4-7-21)25-24(23)26(32)28-19-27-25/h2-4,6-11,18-19H,5,12-17H2,1H3,(H,27,28,32). The van der Waals surface area contributed by atoms with E-state index in [-0.39, 0.29) is 5.56 Å². The van der Waals surface area contributed by atoms with E-state index in [0.717, 1.165) is 61.7 Å². The largest absolute Gasteiger partial charge is 0.494 e. The van der Waals surface area contributed by atoms with Crippen LogP contribution in [0.5, 0.6) is 5.75 Å². The van der Waals surface area contributed by atoms with Crippen molar-refractivity contribution in [2.24, 2.45) is 0 Å². The molecule has 1 N–H and O–H groups in total. The summed E-state index contributed by atoms with van der Waals surface area (Å²) in [6, 6.07) is 17.9. The predicted molar refractivity (Wildman–Crippen MR) is 131 cm³/mol. The topological polar surface area (TPSA) is 66.4 Å².